The average Bonchev–Trinajstić information content (AvgIpc) is 2.78. The number of alkyl halides is 3. The van der Waals surface area contributed by atoms with Gasteiger partial charge in [0.1, 0.15) is 5.75 Å². The SMILES string of the molecule is COc1cc(C(=O)N2CCN(C(=O)NC(C)c3ccccc3C(F)(F)F)CC2)ccc1C. The first-order valence-corrected chi connectivity index (χ1v) is 10.3. The van der Waals surface area contributed by atoms with E-state index in [0.717, 1.165) is 11.6 Å². The van der Waals surface area contributed by atoms with Gasteiger partial charge in [-0.25, -0.2) is 4.79 Å². The number of methoxy groups -OCH3 is 1. The summed E-state index contributed by atoms with van der Waals surface area (Å²) in [4.78, 5) is 28.6. The van der Waals surface area contributed by atoms with Crippen LogP contribution in [0.1, 0.15) is 40.0 Å². The third kappa shape index (κ3) is 5.15. The molecule has 172 valence electrons. The van der Waals surface area contributed by atoms with Crippen LogP contribution in [0, 0.1) is 6.92 Å². The predicted molar refractivity (Wildman–Crippen MR) is 114 cm³/mol. The molecule has 1 N–H and O–H groups in total. The van der Waals surface area contributed by atoms with Gasteiger partial charge >= 0.3 is 12.2 Å². The van der Waals surface area contributed by atoms with Crippen molar-refractivity contribution in [3.8, 4) is 5.75 Å². The van der Waals surface area contributed by atoms with Crippen molar-refractivity contribution in [3.05, 3.63) is 64.7 Å². The van der Waals surface area contributed by atoms with Crippen LogP contribution in [0.5, 0.6) is 5.75 Å². The van der Waals surface area contributed by atoms with Crippen molar-refractivity contribution < 1.29 is 27.5 Å². The van der Waals surface area contributed by atoms with Crippen LogP contribution in [0.3, 0.4) is 0 Å². The first-order chi connectivity index (χ1) is 15.1. The monoisotopic (exact) mass is 449 g/mol. The standard InChI is InChI=1S/C23H26F3N3O3/c1-15-8-9-17(14-20(15)32-3)21(30)28-10-12-29(13-11-28)22(31)27-16(2)18-6-4-5-7-19(18)23(24,25)26/h4-9,14,16H,10-13H2,1-3H3,(H,27,31). The summed E-state index contributed by atoms with van der Waals surface area (Å²) in [6.07, 6.45) is -4.50. The lowest BCUT2D eigenvalue weighted by molar-refractivity contribution is -0.138. The van der Waals surface area contributed by atoms with Gasteiger partial charge in [-0.1, -0.05) is 24.3 Å². The summed E-state index contributed by atoms with van der Waals surface area (Å²) in [6.45, 7) is 4.64. The molecule has 2 aromatic rings. The number of amides is 3. The number of benzene rings is 2. The minimum Gasteiger partial charge on any atom is -0.496 e. The van der Waals surface area contributed by atoms with Crippen molar-refractivity contribution in [2.45, 2.75) is 26.1 Å². The van der Waals surface area contributed by atoms with Crippen molar-refractivity contribution >= 4 is 11.9 Å². The molecule has 2 aromatic carbocycles. The smallest absolute Gasteiger partial charge is 0.416 e. The summed E-state index contributed by atoms with van der Waals surface area (Å²) in [6, 6.07) is 9.16. The second-order valence-electron chi connectivity index (χ2n) is 7.72. The van der Waals surface area contributed by atoms with E-state index in [2.05, 4.69) is 5.32 Å². The van der Waals surface area contributed by atoms with Crippen LogP contribution in [0.4, 0.5) is 18.0 Å². The molecule has 1 aliphatic heterocycles. The number of rotatable bonds is 4. The molecule has 9 heteroatoms. The molecule has 0 saturated carbocycles. The second-order valence-corrected chi connectivity index (χ2v) is 7.72. The molecule has 1 fully saturated rings. The number of nitrogens with zero attached hydrogens (tertiary/aromatic N) is 2. The van der Waals surface area contributed by atoms with Crippen molar-refractivity contribution in [1.82, 2.24) is 15.1 Å². The number of urea groups is 1. The molecule has 0 aromatic heterocycles. The number of hydrogen-bond donors (Lipinski definition) is 1. The molecular formula is C23H26F3N3O3. The van der Waals surface area contributed by atoms with Crippen LogP contribution >= 0.6 is 0 Å². The maximum atomic E-state index is 13.3. The zero-order chi connectivity index (χ0) is 23.5. The molecule has 0 aliphatic carbocycles. The Hall–Kier alpha value is -3.23. The fraction of sp³-hybridized carbons (Fsp3) is 0.391. The fourth-order valence-electron chi connectivity index (χ4n) is 3.74. The first kappa shape index (κ1) is 23.4. The van der Waals surface area contributed by atoms with Gasteiger partial charge in [0.25, 0.3) is 5.91 Å². The second kappa shape index (κ2) is 9.50. The number of nitrogens with one attached hydrogen (secondary N) is 1. The van der Waals surface area contributed by atoms with Gasteiger partial charge in [0.05, 0.1) is 18.7 Å². The van der Waals surface area contributed by atoms with Gasteiger partial charge in [-0.05, 0) is 43.2 Å². The van der Waals surface area contributed by atoms with Gasteiger partial charge < -0.3 is 19.9 Å². The Kier molecular flexibility index (Phi) is 6.96. The third-order valence-corrected chi connectivity index (χ3v) is 5.58. The van der Waals surface area contributed by atoms with Crippen LogP contribution in [0.2, 0.25) is 0 Å². The molecule has 1 saturated heterocycles. The van der Waals surface area contributed by atoms with E-state index >= 15 is 0 Å². The van der Waals surface area contributed by atoms with Crippen LogP contribution < -0.4 is 10.1 Å². The van der Waals surface area contributed by atoms with E-state index in [1.807, 2.05) is 13.0 Å². The number of halogens is 3. The quantitative estimate of drug-likeness (QED) is 0.759. The maximum absolute atomic E-state index is 13.3. The van der Waals surface area contributed by atoms with Gasteiger partial charge in [0.15, 0.2) is 0 Å². The van der Waals surface area contributed by atoms with Crippen LogP contribution in [0.15, 0.2) is 42.5 Å². The van der Waals surface area contributed by atoms with Crippen LogP contribution in [-0.2, 0) is 6.18 Å². The zero-order valence-electron chi connectivity index (χ0n) is 18.2. The number of aryl methyl sites for hydroxylation is 1. The van der Waals surface area contributed by atoms with Crippen molar-refractivity contribution in [2.24, 2.45) is 0 Å². The number of ether oxygens (including phenoxy) is 1. The molecule has 1 atom stereocenters. The largest absolute Gasteiger partial charge is 0.496 e. The van der Waals surface area contributed by atoms with E-state index in [1.54, 1.807) is 24.1 Å². The summed E-state index contributed by atoms with van der Waals surface area (Å²) in [5.41, 5.74) is 0.668. The Balaban J connectivity index is 1.60. The van der Waals surface area contributed by atoms with E-state index in [9.17, 15) is 22.8 Å². The van der Waals surface area contributed by atoms with Crippen molar-refractivity contribution in [2.75, 3.05) is 33.3 Å². The lowest BCUT2D eigenvalue weighted by Crippen LogP contribution is -2.53. The highest BCUT2D eigenvalue weighted by molar-refractivity contribution is 5.95. The zero-order valence-corrected chi connectivity index (χ0v) is 18.2. The molecule has 1 aliphatic rings. The number of carbonyl (C=O) groups excluding carboxylic acids is 2. The Labute approximate surface area is 184 Å². The van der Waals surface area contributed by atoms with E-state index in [-0.39, 0.29) is 24.6 Å². The highest BCUT2D eigenvalue weighted by Gasteiger charge is 2.35. The Morgan fingerprint density at radius 1 is 1.03 bits per heavy atom. The third-order valence-electron chi connectivity index (χ3n) is 5.58. The van der Waals surface area contributed by atoms with Gasteiger partial charge in [-0.3, -0.25) is 4.79 Å². The number of carbonyl (C=O) groups is 2. The van der Waals surface area contributed by atoms with Crippen LogP contribution in [0.25, 0.3) is 0 Å². The molecule has 32 heavy (non-hydrogen) atoms. The minimum atomic E-state index is -4.50. The molecular weight excluding hydrogens is 423 g/mol. The molecule has 6 nitrogen and oxygen atoms in total. The highest BCUT2D eigenvalue weighted by atomic mass is 19.4. The Morgan fingerprint density at radius 2 is 1.66 bits per heavy atom. The topological polar surface area (TPSA) is 61.9 Å². The van der Waals surface area contributed by atoms with Gasteiger partial charge in [0.2, 0.25) is 0 Å². The summed E-state index contributed by atoms with van der Waals surface area (Å²) < 4.78 is 45.1. The van der Waals surface area contributed by atoms with E-state index in [0.29, 0.717) is 24.4 Å². The molecule has 1 unspecified atom stereocenters. The number of piperazine rings is 1. The lowest BCUT2D eigenvalue weighted by Gasteiger charge is -2.35. The molecule has 3 amide bonds. The lowest BCUT2D eigenvalue weighted by atomic mass is 10.0. The molecule has 0 radical (unpaired) electrons. The van der Waals surface area contributed by atoms with Gasteiger partial charge in [0, 0.05) is 31.7 Å². The predicted octanol–water partition coefficient (Wildman–Crippen LogP) is 4.25. The molecule has 3 rings (SSSR count). The average molecular weight is 449 g/mol. The van der Waals surface area contributed by atoms with Crippen LogP contribution in [-0.4, -0.2) is 55.0 Å². The summed E-state index contributed by atoms with van der Waals surface area (Å²) in [5, 5.41) is 2.64. The van der Waals surface area contributed by atoms with Crippen molar-refractivity contribution in [3.63, 3.8) is 0 Å². The Bertz CT molecular complexity index is 986. The highest BCUT2D eigenvalue weighted by Crippen LogP contribution is 2.34. The normalized spacial score (nSPS) is 15.3. The Morgan fingerprint density at radius 3 is 2.28 bits per heavy atom. The summed E-state index contributed by atoms with van der Waals surface area (Å²) in [7, 11) is 1.54. The summed E-state index contributed by atoms with van der Waals surface area (Å²) >= 11 is 0. The van der Waals surface area contributed by atoms with Gasteiger partial charge in [-0.2, -0.15) is 13.2 Å². The van der Waals surface area contributed by atoms with Crippen molar-refractivity contribution in [1.29, 1.82) is 0 Å². The van der Waals surface area contributed by atoms with Gasteiger partial charge in [-0.15, -0.1) is 0 Å². The first-order valence-electron chi connectivity index (χ1n) is 10.3. The fourth-order valence-corrected chi connectivity index (χ4v) is 3.74. The van der Waals surface area contributed by atoms with E-state index < -0.39 is 23.8 Å². The molecule has 1 heterocycles. The van der Waals surface area contributed by atoms with E-state index in [1.165, 1.54) is 30.0 Å². The molecule has 0 bridgehead atoms. The minimum absolute atomic E-state index is 0.00971. The molecule has 0 spiro atoms. The number of hydrogen-bond acceptors (Lipinski definition) is 3. The van der Waals surface area contributed by atoms with E-state index in [4.69, 9.17) is 4.74 Å². The maximum Gasteiger partial charge on any atom is 0.416 e. The summed E-state index contributed by atoms with van der Waals surface area (Å²) in [5.74, 6) is 0.470.